The normalized spacial score (nSPS) is 16.9. The third kappa shape index (κ3) is 22.2. The molecule has 1 saturated heterocycles. The van der Waals surface area contributed by atoms with Crippen molar-refractivity contribution < 1.29 is 58.5 Å². The summed E-state index contributed by atoms with van der Waals surface area (Å²) < 4.78 is 0. The van der Waals surface area contributed by atoms with Crippen LogP contribution in [0, 0.1) is 5.41 Å². The van der Waals surface area contributed by atoms with Gasteiger partial charge in [-0.25, -0.2) is 9.79 Å². The number of aliphatic hydroxyl groups is 2. The number of amides is 8. The summed E-state index contributed by atoms with van der Waals surface area (Å²) in [5.74, 6) is -8.99. The zero-order chi connectivity index (χ0) is 52.2. The molecule has 0 aromatic rings. The fourth-order valence-corrected chi connectivity index (χ4v) is 6.69. The number of nitrogens with one attached hydrogen (secondary N) is 8. The Morgan fingerprint density at radius 2 is 1.41 bits per heavy atom. The van der Waals surface area contributed by atoms with Gasteiger partial charge in [-0.3, -0.25) is 43.8 Å². The molecule has 0 aromatic heterocycles. The van der Waals surface area contributed by atoms with E-state index in [-0.39, 0.29) is 76.4 Å². The highest BCUT2D eigenvalue weighted by molar-refractivity contribution is 6.40. The van der Waals surface area contributed by atoms with Crippen LogP contribution in [0.15, 0.2) is 16.8 Å². The predicted octanol–water partition coefficient (Wildman–Crippen LogP) is -7.00. The number of rotatable bonds is 32. The third-order valence-corrected chi connectivity index (χ3v) is 10.6. The minimum absolute atomic E-state index is 0.00384. The van der Waals surface area contributed by atoms with Crippen molar-refractivity contribution in [1.29, 1.82) is 5.41 Å². The van der Waals surface area contributed by atoms with E-state index in [1.165, 1.54) is 19.9 Å². The van der Waals surface area contributed by atoms with Crippen LogP contribution in [0.2, 0.25) is 0 Å². The number of aliphatic imine (C=N–C) groups is 1. The fourth-order valence-electron chi connectivity index (χ4n) is 6.69. The van der Waals surface area contributed by atoms with Crippen LogP contribution in [0.3, 0.4) is 0 Å². The summed E-state index contributed by atoms with van der Waals surface area (Å²) >= 11 is 0. The van der Waals surface area contributed by atoms with Gasteiger partial charge in [0.15, 0.2) is 5.96 Å². The quantitative estimate of drug-likeness (QED) is 0.0129. The van der Waals surface area contributed by atoms with Crippen LogP contribution in [0.5, 0.6) is 0 Å². The Balaban J connectivity index is 3.14. The van der Waals surface area contributed by atoms with Gasteiger partial charge in [0.2, 0.25) is 35.4 Å². The Hall–Kier alpha value is -6.17. The molecule has 0 bridgehead atoms. The second-order valence-corrected chi connectivity index (χ2v) is 16.2. The average Bonchev–Trinajstić information content (AvgIpc) is 3.80. The van der Waals surface area contributed by atoms with Gasteiger partial charge in [-0.1, -0.05) is 12.5 Å². The van der Waals surface area contributed by atoms with Crippen molar-refractivity contribution in [3.63, 3.8) is 0 Å². The lowest BCUT2D eigenvalue weighted by Crippen LogP contribution is -2.60. The number of carboxylic acid groups (broad SMARTS) is 1. The zero-order valence-corrected chi connectivity index (χ0v) is 39.3. The van der Waals surface area contributed by atoms with E-state index in [9.17, 15) is 58.5 Å². The first kappa shape index (κ1) is 60.8. The molecular formula is C41H74N16O12. The van der Waals surface area contributed by atoms with E-state index in [4.69, 9.17) is 39.8 Å². The van der Waals surface area contributed by atoms with E-state index >= 15 is 0 Å². The molecule has 0 saturated carbocycles. The van der Waals surface area contributed by atoms with Crippen LogP contribution in [-0.4, -0.2) is 179 Å². The number of hydrogen-bond donors (Lipinski definition) is 17. The molecule has 69 heavy (non-hydrogen) atoms. The van der Waals surface area contributed by atoms with Gasteiger partial charge in [0.25, 0.3) is 11.8 Å². The number of carbonyl (C=O) groups is 9. The third-order valence-electron chi connectivity index (χ3n) is 10.6. The molecule has 0 unspecified atom stereocenters. The Bertz CT molecular complexity index is 1830. The van der Waals surface area contributed by atoms with Crippen LogP contribution in [0.1, 0.15) is 84.5 Å². The maximum atomic E-state index is 13.9. The van der Waals surface area contributed by atoms with Crippen LogP contribution in [0.4, 0.5) is 0 Å². The van der Waals surface area contributed by atoms with E-state index in [1.54, 1.807) is 0 Å². The molecular weight excluding hydrogens is 909 g/mol. The number of aliphatic carboxylic acids is 1. The Kier molecular flexibility index (Phi) is 28.7. The first-order valence-corrected chi connectivity index (χ1v) is 22.8. The highest BCUT2D eigenvalue weighted by Gasteiger charge is 2.39. The molecule has 0 spiro atoms. The van der Waals surface area contributed by atoms with Gasteiger partial charge in [0, 0.05) is 19.6 Å². The molecule has 1 aliphatic rings. The standard InChI is InChI=1S/C41H74N16O12/c1-22(51-38(66)32(29(59)20-45)56-34(62)24(46)10-3-5-15-42)33(61)50-21-30(60)52-26(12-7-17-44)39(67)57-19-9-14-28(57)36(64)55-31(23(2)58)37(65)53-25(11-4-6-16-43)35(63)54-27(40(68)69)13-8-18-49-41(47)48/h13,22-25,28-29,31-32,58-59H,3-12,14-21,42-46H2,1-2H3,(H,50,61)(H,51,66)(H,53,65)(H,54,63)(H,55,64)(H,56,62)(H,68,69)(H4,47,48,49)/b27-13-,52-26+/t22-,23+,24-,25-,28-,29-,31-,32-/m0/s1. The summed E-state index contributed by atoms with van der Waals surface area (Å²) in [5.41, 5.74) is 32.6. The summed E-state index contributed by atoms with van der Waals surface area (Å²) in [4.78, 5) is 123. The number of guanidine groups is 1. The number of nitrogens with two attached hydrogens (primary N) is 6. The number of aliphatic hydroxyl groups excluding tert-OH is 2. The van der Waals surface area contributed by atoms with Gasteiger partial charge in [-0.05, 0) is 97.7 Å². The molecule has 0 radical (unpaired) electrons. The second kappa shape index (κ2) is 32.6. The molecule has 23 N–H and O–H groups in total. The van der Waals surface area contributed by atoms with Crippen molar-refractivity contribution in [3.8, 4) is 0 Å². The number of hydrogen-bond acceptors (Lipinski definition) is 17. The highest BCUT2D eigenvalue weighted by Crippen LogP contribution is 2.20. The molecule has 1 rings (SSSR count). The molecule has 8 amide bonds. The lowest BCUT2D eigenvalue weighted by Gasteiger charge is -2.28. The van der Waals surface area contributed by atoms with E-state index in [1.807, 2.05) is 0 Å². The number of likely N-dealkylation sites (tertiary alicyclic amines) is 1. The Morgan fingerprint density at radius 3 is 1.99 bits per heavy atom. The molecule has 0 aliphatic carbocycles. The molecule has 390 valence electrons. The summed E-state index contributed by atoms with van der Waals surface area (Å²) in [5, 5.41) is 54.5. The molecule has 0 aromatic carbocycles. The van der Waals surface area contributed by atoms with Gasteiger partial charge in [0.05, 0.1) is 24.8 Å². The van der Waals surface area contributed by atoms with Crippen molar-refractivity contribution in [2.24, 2.45) is 39.4 Å². The van der Waals surface area contributed by atoms with Crippen molar-refractivity contribution in [1.82, 2.24) is 42.1 Å². The SMILES string of the molecule is C[C@H](NC(=O)[C@@H](NC(=O)[C@@H](N)CCCCN)[C@@H](O)CN)C(=O)NCC(=O)/N=C(\CCCN)C(=O)N1CCC[C@H]1C(=O)N[C@H](C(=O)N[C@@H](CCCCN)C(=O)N/C(=C\CCNC(=N)N)C(=O)O)[C@@H](C)O. The summed E-state index contributed by atoms with van der Waals surface area (Å²) in [6.45, 7) is 2.15. The van der Waals surface area contributed by atoms with E-state index in [0.717, 1.165) is 4.90 Å². The number of unbranched alkanes of at least 4 members (excludes halogenated alkanes) is 2. The number of carbonyl (C=O) groups excluding carboxylic acids is 8. The van der Waals surface area contributed by atoms with Gasteiger partial charge in [0.1, 0.15) is 41.6 Å². The van der Waals surface area contributed by atoms with Crippen LogP contribution in [0.25, 0.3) is 0 Å². The van der Waals surface area contributed by atoms with E-state index in [2.05, 4.69) is 42.2 Å². The minimum atomic E-state index is -1.67. The molecule has 1 fully saturated rings. The summed E-state index contributed by atoms with van der Waals surface area (Å²) in [7, 11) is 0. The first-order valence-electron chi connectivity index (χ1n) is 22.8. The Labute approximate surface area is 400 Å². The molecule has 8 atom stereocenters. The smallest absolute Gasteiger partial charge is 0.352 e. The van der Waals surface area contributed by atoms with Gasteiger partial charge in [-0.2, -0.15) is 0 Å². The van der Waals surface area contributed by atoms with Gasteiger partial charge in [-0.15, -0.1) is 0 Å². The maximum Gasteiger partial charge on any atom is 0.352 e. The van der Waals surface area contributed by atoms with Gasteiger partial charge >= 0.3 is 5.97 Å². The first-order chi connectivity index (χ1) is 32.6. The maximum absolute atomic E-state index is 13.9. The zero-order valence-electron chi connectivity index (χ0n) is 39.3. The van der Waals surface area contributed by atoms with E-state index < -0.39 is 120 Å². The molecule has 1 heterocycles. The van der Waals surface area contributed by atoms with Crippen molar-refractivity contribution in [2.75, 3.05) is 45.8 Å². The van der Waals surface area contributed by atoms with Crippen LogP contribution in [-0.2, 0) is 43.2 Å². The lowest BCUT2D eigenvalue weighted by molar-refractivity contribution is -0.138. The summed E-state index contributed by atoms with van der Waals surface area (Å²) in [6.07, 6.45) is 0.830. The second-order valence-electron chi connectivity index (χ2n) is 16.2. The molecule has 28 nitrogen and oxygen atoms in total. The predicted molar refractivity (Wildman–Crippen MR) is 251 cm³/mol. The van der Waals surface area contributed by atoms with Crippen LogP contribution >= 0.6 is 0 Å². The Morgan fingerprint density at radius 1 is 0.783 bits per heavy atom. The number of nitrogens with zero attached hydrogens (tertiary/aromatic N) is 2. The highest BCUT2D eigenvalue weighted by atomic mass is 16.4. The monoisotopic (exact) mass is 983 g/mol. The summed E-state index contributed by atoms with van der Waals surface area (Å²) in [6, 6.07) is -8.13. The van der Waals surface area contributed by atoms with Crippen molar-refractivity contribution in [2.45, 2.75) is 133 Å². The number of carboxylic acids is 1. The minimum Gasteiger partial charge on any atom is -0.477 e. The van der Waals surface area contributed by atoms with Crippen molar-refractivity contribution in [3.05, 3.63) is 11.8 Å². The lowest BCUT2D eigenvalue weighted by atomic mass is 10.1. The topological polar surface area (TPSA) is 494 Å². The van der Waals surface area contributed by atoms with Crippen molar-refractivity contribution >= 4 is 64.9 Å². The largest absolute Gasteiger partial charge is 0.477 e. The fraction of sp³-hybridized carbons (Fsp3) is 0.683. The van der Waals surface area contributed by atoms with E-state index in [0.29, 0.717) is 38.6 Å². The average molecular weight is 983 g/mol. The molecule has 28 heteroatoms. The van der Waals surface area contributed by atoms with Crippen LogP contribution < -0.4 is 71.6 Å². The molecule has 1 aliphatic heterocycles. The van der Waals surface area contributed by atoms with Gasteiger partial charge < -0.3 is 91.8 Å².